The summed E-state index contributed by atoms with van der Waals surface area (Å²) in [4.78, 5) is 14.0. The molecule has 0 fully saturated rings. The average molecular weight is 275 g/mol. The summed E-state index contributed by atoms with van der Waals surface area (Å²) in [5, 5.41) is 2.91. The van der Waals surface area contributed by atoms with Crippen molar-refractivity contribution in [1.29, 1.82) is 0 Å². The minimum Gasteiger partial charge on any atom is -0.356 e. The third-order valence-corrected chi connectivity index (χ3v) is 3.97. The first-order chi connectivity index (χ1) is 8.60. The van der Waals surface area contributed by atoms with Crippen molar-refractivity contribution in [3.05, 3.63) is 0 Å². The van der Waals surface area contributed by atoms with Gasteiger partial charge in [-0.2, -0.15) is 11.8 Å². The maximum Gasteiger partial charge on any atom is 0.221 e. The van der Waals surface area contributed by atoms with Crippen molar-refractivity contribution in [2.45, 2.75) is 45.2 Å². The van der Waals surface area contributed by atoms with Gasteiger partial charge in [-0.05, 0) is 26.1 Å². The Bertz CT molecular complexity index is 226. The lowest BCUT2D eigenvalue weighted by Crippen LogP contribution is -2.47. The van der Waals surface area contributed by atoms with Crippen molar-refractivity contribution in [1.82, 2.24) is 10.2 Å². The number of hydrogen-bond donors (Lipinski definition) is 2. The summed E-state index contributed by atoms with van der Waals surface area (Å²) in [6.07, 6.45) is 4.67. The number of amides is 1. The minimum atomic E-state index is 0.109. The van der Waals surface area contributed by atoms with E-state index in [0.717, 1.165) is 25.1 Å². The van der Waals surface area contributed by atoms with Crippen molar-refractivity contribution >= 4 is 17.7 Å². The molecule has 18 heavy (non-hydrogen) atoms. The van der Waals surface area contributed by atoms with Gasteiger partial charge in [-0.3, -0.25) is 9.69 Å². The third-order valence-electron chi connectivity index (χ3n) is 3.25. The third kappa shape index (κ3) is 6.61. The molecule has 1 amide bonds. The Labute approximate surface area is 116 Å². The number of nitrogens with zero attached hydrogens (tertiary/aromatic N) is 1. The van der Waals surface area contributed by atoms with Crippen LogP contribution in [0.1, 0.15) is 33.1 Å². The van der Waals surface area contributed by atoms with Crippen LogP contribution in [-0.2, 0) is 4.79 Å². The highest BCUT2D eigenvalue weighted by atomic mass is 32.2. The molecule has 0 saturated heterocycles. The highest BCUT2D eigenvalue weighted by Gasteiger charge is 2.22. The largest absolute Gasteiger partial charge is 0.356 e. The highest BCUT2D eigenvalue weighted by Crippen LogP contribution is 2.13. The van der Waals surface area contributed by atoms with E-state index < -0.39 is 0 Å². The number of thioether (sulfide) groups is 1. The van der Waals surface area contributed by atoms with Gasteiger partial charge in [0.05, 0.1) is 0 Å². The normalized spacial score (nSPS) is 14.6. The molecule has 2 atom stereocenters. The van der Waals surface area contributed by atoms with Gasteiger partial charge in [0.25, 0.3) is 0 Å². The molecule has 0 rings (SSSR count). The molecule has 0 aliphatic heterocycles. The topological polar surface area (TPSA) is 58.4 Å². The summed E-state index contributed by atoms with van der Waals surface area (Å²) in [5.41, 5.74) is 5.81. The molecular formula is C13H29N3OS. The first-order valence-electron chi connectivity index (χ1n) is 6.78. The summed E-state index contributed by atoms with van der Waals surface area (Å²) in [6, 6.07) is 0.631. The van der Waals surface area contributed by atoms with E-state index in [1.807, 2.05) is 11.8 Å². The Hall–Kier alpha value is -0.260. The van der Waals surface area contributed by atoms with Gasteiger partial charge in [-0.1, -0.05) is 13.8 Å². The molecule has 0 aromatic heterocycles. The summed E-state index contributed by atoms with van der Waals surface area (Å²) < 4.78 is 0. The lowest BCUT2D eigenvalue weighted by Gasteiger charge is -2.33. The second-order valence-electron chi connectivity index (χ2n) is 4.63. The average Bonchev–Trinajstić information content (AvgIpc) is 2.38. The second-order valence-corrected chi connectivity index (χ2v) is 5.54. The van der Waals surface area contributed by atoms with Crippen LogP contribution in [0.15, 0.2) is 0 Å². The molecular weight excluding hydrogens is 246 g/mol. The molecule has 5 heteroatoms. The Morgan fingerprint density at radius 3 is 2.50 bits per heavy atom. The summed E-state index contributed by atoms with van der Waals surface area (Å²) in [7, 11) is 2.08. The van der Waals surface area contributed by atoms with Crippen LogP contribution in [-0.4, -0.2) is 55.0 Å². The minimum absolute atomic E-state index is 0.109. The van der Waals surface area contributed by atoms with Crippen LogP contribution in [0.5, 0.6) is 0 Å². The lowest BCUT2D eigenvalue weighted by atomic mass is 10.1. The van der Waals surface area contributed by atoms with Crippen LogP contribution in [0.25, 0.3) is 0 Å². The van der Waals surface area contributed by atoms with Crippen LogP contribution >= 0.6 is 11.8 Å². The standard InChI is InChI=1S/C13H29N3OS/c1-5-7-15-13(17)8-12(9-14)16(3)11(6-2)10-18-4/h11-12H,5-10,14H2,1-4H3,(H,15,17). The van der Waals surface area contributed by atoms with Crippen LogP contribution in [0.2, 0.25) is 0 Å². The number of nitrogens with one attached hydrogen (secondary N) is 1. The molecule has 2 unspecified atom stereocenters. The van der Waals surface area contributed by atoms with E-state index in [4.69, 9.17) is 5.73 Å². The monoisotopic (exact) mass is 275 g/mol. The first-order valence-corrected chi connectivity index (χ1v) is 8.17. The number of hydrogen-bond acceptors (Lipinski definition) is 4. The maximum atomic E-state index is 11.7. The van der Waals surface area contributed by atoms with E-state index >= 15 is 0 Å². The lowest BCUT2D eigenvalue weighted by molar-refractivity contribution is -0.122. The predicted octanol–water partition coefficient (Wildman–Crippen LogP) is 1.30. The van der Waals surface area contributed by atoms with Crippen molar-refractivity contribution in [2.75, 3.05) is 32.1 Å². The van der Waals surface area contributed by atoms with Crippen LogP contribution in [0, 0.1) is 0 Å². The molecule has 0 aromatic carbocycles. The fourth-order valence-electron chi connectivity index (χ4n) is 1.96. The summed E-state index contributed by atoms with van der Waals surface area (Å²) >= 11 is 1.84. The zero-order valence-corrected chi connectivity index (χ0v) is 13.1. The summed E-state index contributed by atoms with van der Waals surface area (Å²) in [5.74, 6) is 1.19. The predicted molar refractivity (Wildman–Crippen MR) is 81.0 cm³/mol. The number of likely N-dealkylation sites (N-methyl/N-ethyl adjacent to an activating group) is 1. The molecule has 4 nitrogen and oxygen atoms in total. The van der Waals surface area contributed by atoms with E-state index in [1.165, 1.54) is 0 Å². The molecule has 0 aliphatic rings. The zero-order chi connectivity index (χ0) is 14.0. The van der Waals surface area contributed by atoms with Crippen LogP contribution < -0.4 is 11.1 Å². The Balaban J connectivity index is 4.32. The number of nitrogens with two attached hydrogens (primary N) is 1. The molecule has 0 aliphatic carbocycles. The van der Waals surface area contributed by atoms with E-state index in [1.54, 1.807) is 0 Å². The van der Waals surface area contributed by atoms with Gasteiger partial charge in [0, 0.05) is 37.3 Å². The van der Waals surface area contributed by atoms with E-state index in [-0.39, 0.29) is 11.9 Å². The zero-order valence-electron chi connectivity index (χ0n) is 12.2. The van der Waals surface area contributed by atoms with E-state index in [0.29, 0.717) is 19.0 Å². The molecule has 0 bridgehead atoms. The molecule has 3 N–H and O–H groups in total. The van der Waals surface area contributed by atoms with E-state index in [9.17, 15) is 4.79 Å². The molecule has 0 heterocycles. The highest BCUT2D eigenvalue weighted by molar-refractivity contribution is 7.98. The smallest absolute Gasteiger partial charge is 0.221 e. The van der Waals surface area contributed by atoms with Gasteiger partial charge in [0.2, 0.25) is 5.91 Å². The van der Waals surface area contributed by atoms with Crippen molar-refractivity contribution in [3.63, 3.8) is 0 Å². The Kier molecular flexibility index (Phi) is 10.5. The number of carbonyl (C=O) groups excluding carboxylic acids is 1. The SMILES string of the molecule is CCCNC(=O)CC(CN)N(C)C(CC)CSC. The maximum absolute atomic E-state index is 11.7. The van der Waals surface area contributed by atoms with Crippen LogP contribution in [0.4, 0.5) is 0 Å². The van der Waals surface area contributed by atoms with Crippen molar-refractivity contribution < 1.29 is 4.79 Å². The van der Waals surface area contributed by atoms with Crippen molar-refractivity contribution in [2.24, 2.45) is 5.73 Å². The van der Waals surface area contributed by atoms with Gasteiger partial charge in [-0.25, -0.2) is 0 Å². The van der Waals surface area contributed by atoms with Gasteiger partial charge in [0.15, 0.2) is 0 Å². The van der Waals surface area contributed by atoms with Gasteiger partial charge >= 0.3 is 0 Å². The van der Waals surface area contributed by atoms with Gasteiger partial charge < -0.3 is 11.1 Å². The number of carbonyl (C=O) groups is 1. The van der Waals surface area contributed by atoms with Gasteiger partial charge in [0.1, 0.15) is 0 Å². The molecule has 0 aromatic rings. The fraction of sp³-hybridized carbons (Fsp3) is 0.923. The quantitative estimate of drug-likeness (QED) is 0.631. The summed E-state index contributed by atoms with van der Waals surface area (Å²) in [6.45, 7) is 5.52. The molecule has 108 valence electrons. The molecule has 0 radical (unpaired) electrons. The first kappa shape index (κ1) is 17.7. The Morgan fingerprint density at radius 2 is 2.06 bits per heavy atom. The van der Waals surface area contributed by atoms with E-state index in [2.05, 4.69) is 37.4 Å². The molecule has 0 saturated carbocycles. The second kappa shape index (κ2) is 10.6. The van der Waals surface area contributed by atoms with Crippen LogP contribution in [0.3, 0.4) is 0 Å². The van der Waals surface area contributed by atoms with Gasteiger partial charge in [-0.15, -0.1) is 0 Å². The fourth-order valence-corrected chi connectivity index (χ4v) is 2.81. The Morgan fingerprint density at radius 1 is 1.39 bits per heavy atom. The number of rotatable bonds is 10. The molecule has 0 spiro atoms. The van der Waals surface area contributed by atoms with Crippen molar-refractivity contribution in [3.8, 4) is 0 Å².